The van der Waals surface area contributed by atoms with Gasteiger partial charge in [-0.2, -0.15) is 0 Å². The predicted octanol–water partition coefficient (Wildman–Crippen LogP) is 3.57. The third-order valence-electron chi connectivity index (χ3n) is 4.75. The van der Waals surface area contributed by atoms with Crippen molar-refractivity contribution in [2.24, 2.45) is 11.8 Å². The fourth-order valence-electron chi connectivity index (χ4n) is 3.88. The van der Waals surface area contributed by atoms with E-state index in [2.05, 4.69) is 35.6 Å². The minimum absolute atomic E-state index is 0.829. The molecule has 92 valence electrons. The molecule has 1 aromatic carbocycles. The Labute approximate surface area is 105 Å². The van der Waals surface area contributed by atoms with Crippen molar-refractivity contribution < 1.29 is 0 Å². The fourth-order valence-corrected chi connectivity index (χ4v) is 3.88. The van der Waals surface area contributed by atoms with E-state index >= 15 is 0 Å². The Morgan fingerprint density at radius 1 is 0.941 bits per heavy atom. The van der Waals surface area contributed by atoms with Crippen LogP contribution in [0, 0.1) is 11.8 Å². The summed E-state index contributed by atoms with van der Waals surface area (Å²) in [6, 6.07) is 11.2. The van der Waals surface area contributed by atoms with Gasteiger partial charge in [0, 0.05) is 0 Å². The van der Waals surface area contributed by atoms with Gasteiger partial charge in [0.15, 0.2) is 0 Å². The first-order valence-electron chi connectivity index (χ1n) is 7.21. The fraction of sp³-hybridized carbons (Fsp3) is 0.625. The van der Waals surface area contributed by atoms with Gasteiger partial charge < -0.3 is 5.32 Å². The van der Waals surface area contributed by atoms with Gasteiger partial charge in [-0.05, 0) is 55.7 Å². The molecule has 1 aliphatic carbocycles. The lowest BCUT2D eigenvalue weighted by atomic mass is 9.69. The molecular formula is C16H23N. The molecule has 3 rings (SSSR count). The van der Waals surface area contributed by atoms with E-state index in [1.165, 1.54) is 45.2 Å². The summed E-state index contributed by atoms with van der Waals surface area (Å²) in [7, 11) is 0. The van der Waals surface area contributed by atoms with Crippen molar-refractivity contribution in [3.63, 3.8) is 0 Å². The van der Waals surface area contributed by atoms with Gasteiger partial charge in [-0.25, -0.2) is 0 Å². The van der Waals surface area contributed by atoms with E-state index in [0.29, 0.717) is 0 Å². The van der Waals surface area contributed by atoms with Crippen LogP contribution in [-0.2, 0) is 0 Å². The molecule has 1 saturated heterocycles. The second-order valence-corrected chi connectivity index (χ2v) is 5.72. The summed E-state index contributed by atoms with van der Waals surface area (Å²) in [5.74, 6) is 2.69. The second kappa shape index (κ2) is 5.22. The highest BCUT2D eigenvalue weighted by Gasteiger charge is 2.33. The van der Waals surface area contributed by atoms with E-state index < -0.39 is 0 Å². The van der Waals surface area contributed by atoms with E-state index in [9.17, 15) is 0 Å². The first kappa shape index (κ1) is 11.3. The average Bonchev–Trinajstić information content (AvgIpc) is 2.94. The average molecular weight is 229 g/mol. The summed E-state index contributed by atoms with van der Waals surface area (Å²) >= 11 is 0. The van der Waals surface area contributed by atoms with Crippen LogP contribution in [0.2, 0.25) is 0 Å². The van der Waals surface area contributed by atoms with Crippen LogP contribution in [0.3, 0.4) is 0 Å². The summed E-state index contributed by atoms with van der Waals surface area (Å²) in [6.45, 7) is 2.50. The molecule has 17 heavy (non-hydrogen) atoms. The van der Waals surface area contributed by atoms with Crippen molar-refractivity contribution in [2.45, 2.75) is 38.0 Å². The highest BCUT2D eigenvalue weighted by Crippen LogP contribution is 2.43. The lowest BCUT2D eigenvalue weighted by Crippen LogP contribution is -2.27. The Bertz CT molecular complexity index is 340. The van der Waals surface area contributed by atoms with E-state index in [-0.39, 0.29) is 0 Å². The molecule has 0 spiro atoms. The third-order valence-corrected chi connectivity index (χ3v) is 4.75. The van der Waals surface area contributed by atoms with Crippen LogP contribution >= 0.6 is 0 Å². The lowest BCUT2D eigenvalue weighted by Gasteiger charge is -2.35. The molecule has 3 unspecified atom stereocenters. The summed E-state index contributed by atoms with van der Waals surface area (Å²) in [5.41, 5.74) is 1.59. The molecule has 3 atom stereocenters. The van der Waals surface area contributed by atoms with Crippen LogP contribution in [0.4, 0.5) is 0 Å². The lowest BCUT2D eigenvalue weighted by molar-refractivity contribution is 0.225. The van der Waals surface area contributed by atoms with Crippen molar-refractivity contribution in [1.29, 1.82) is 0 Å². The van der Waals surface area contributed by atoms with Crippen LogP contribution in [0.5, 0.6) is 0 Å². The minimum Gasteiger partial charge on any atom is -0.316 e. The van der Waals surface area contributed by atoms with Crippen LogP contribution in [0.1, 0.15) is 43.6 Å². The number of hydrogen-bond acceptors (Lipinski definition) is 1. The maximum absolute atomic E-state index is 3.54. The van der Waals surface area contributed by atoms with E-state index in [1.54, 1.807) is 5.56 Å². The molecule has 2 fully saturated rings. The van der Waals surface area contributed by atoms with Crippen molar-refractivity contribution >= 4 is 0 Å². The molecule has 1 heteroatoms. The van der Waals surface area contributed by atoms with E-state index in [1.807, 2.05) is 0 Å². The molecule has 1 heterocycles. The summed E-state index contributed by atoms with van der Waals surface area (Å²) in [5, 5.41) is 3.54. The normalized spacial score (nSPS) is 33.8. The molecule has 0 amide bonds. The van der Waals surface area contributed by atoms with Gasteiger partial charge in [0.05, 0.1) is 0 Å². The van der Waals surface area contributed by atoms with Gasteiger partial charge in [-0.1, -0.05) is 43.2 Å². The van der Waals surface area contributed by atoms with E-state index in [0.717, 1.165) is 17.8 Å². The van der Waals surface area contributed by atoms with Crippen LogP contribution in [0.15, 0.2) is 30.3 Å². The number of benzene rings is 1. The highest BCUT2D eigenvalue weighted by atomic mass is 14.9. The summed E-state index contributed by atoms with van der Waals surface area (Å²) in [4.78, 5) is 0. The largest absolute Gasteiger partial charge is 0.316 e. The van der Waals surface area contributed by atoms with Crippen molar-refractivity contribution in [2.75, 3.05) is 13.1 Å². The van der Waals surface area contributed by atoms with Crippen molar-refractivity contribution in [3.05, 3.63) is 35.9 Å². The molecule has 2 aliphatic rings. The highest BCUT2D eigenvalue weighted by molar-refractivity contribution is 5.21. The molecular weight excluding hydrogens is 206 g/mol. The van der Waals surface area contributed by atoms with Gasteiger partial charge in [0.1, 0.15) is 0 Å². The molecule has 1 nitrogen and oxygen atoms in total. The van der Waals surface area contributed by atoms with Crippen LogP contribution < -0.4 is 5.32 Å². The van der Waals surface area contributed by atoms with Gasteiger partial charge in [0.25, 0.3) is 0 Å². The summed E-state index contributed by atoms with van der Waals surface area (Å²) in [6.07, 6.45) is 7.13. The minimum atomic E-state index is 0.829. The zero-order valence-corrected chi connectivity index (χ0v) is 10.6. The smallest absolute Gasteiger partial charge is 0.00172 e. The van der Waals surface area contributed by atoms with Crippen LogP contribution in [-0.4, -0.2) is 13.1 Å². The van der Waals surface area contributed by atoms with Crippen molar-refractivity contribution in [1.82, 2.24) is 5.32 Å². The SMILES string of the molecule is c1ccc(C2CCCCC2C2CCNC2)cc1. The Balaban J connectivity index is 1.80. The molecule has 0 aromatic heterocycles. The first-order chi connectivity index (χ1) is 8.45. The second-order valence-electron chi connectivity index (χ2n) is 5.72. The number of rotatable bonds is 2. The Morgan fingerprint density at radius 3 is 2.53 bits per heavy atom. The Morgan fingerprint density at radius 2 is 1.76 bits per heavy atom. The molecule has 1 saturated carbocycles. The first-order valence-corrected chi connectivity index (χ1v) is 7.21. The number of nitrogens with one attached hydrogen (secondary N) is 1. The molecule has 1 aromatic rings. The predicted molar refractivity (Wildman–Crippen MR) is 72.1 cm³/mol. The maximum Gasteiger partial charge on any atom is -0.00172 e. The number of hydrogen-bond donors (Lipinski definition) is 1. The zero-order chi connectivity index (χ0) is 11.5. The van der Waals surface area contributed by atoms with Crippen LogP contribution in [0.25, 0.3) is 0 Å². The van der Waals surface area contributed by atoms with Gasteiger partial charge >= 0.3 is 0 Å². The topological polar surface area (TPSA) is 12.0 Å². The molecule has 0 radical (unpaired) electrons. The van der Waals surface area contributed by atoms with E-state index in [4.69, 9.17) is 0 Å². The zero-order valence-electron chi connectivity index (χ0n) is 10.6. The Kier molecular flexibility index (Phi) is 3.46. The van der Waals surface area contributed by atoms with Gasteiger partial charge in [-0.15, -0.1) is 0 Å². The Hall–Kier alpha value is -0.820. The van der Waals surface area contributed by atoms with Gasteiger partial charge in [-0.3, -0.25) is 0 Å². The van der Waals surface area contributed by atoms with Crippen molar-refractivity contribution in [3.8, 4) is 0 Å². The molecule has 0 bridgehead atoms. The standard InChI is InChI=1S/C16H23N/c1-2-6-13(7-3-1)15-8-4-5-9-16(15)14-10-11-17-12-14/h1-3,6-7,14-17H,4-5,8-12H2. The molecule has 1 N–H and O–H groups in total. The summed E-state index contributed by atoms with van der Waals surface area (Å²) < 4.78 is 0. The molecule has 1 aliphatic heterocycles. The third kappa shape index (κ3) is 2.40. The maximum atomic E-state index is 3.54. The monoisotopic (exact) mass is 229 g/mol. The van der Waals surface area contributed by atoms with Gasteiger partial charge in [0.2, 0.25) is 0 Å². The quantitative estimate of drug-likeness (QED) is 0.817.